The monoisotopic (exact) mass is 180 g/mol. The van der Waals surface area contributed by atoms with Gasteiger partial charge >= 0.3 is 0 Å². The Bertz CT molecular complexity index is 195. The maximum Gasteiger partial charge on any atom is 0.152 e. The van der Waals surface area contributed by atoms with Gasteiger partial charge in [-0.3, -0.25) is 4.79 Å². The molecule has 0 aliphatic rings. The second kappa shape index (κ2) is 7.78. The lowest BCUT2D eigenvalue weighted by Gasteiger charge is -1.93. The third-order valence-electron chi connectivity index (χ3n) is 1.73. The average Bonchev–Trinajstić information content (AvgIpc) is 2.01. The molecule has 0 heterocycles. The molecule has 0 radical (unpaired) electrons. The third kappa shape index (κ3) is 11.1. The molecule has 0 aromatic rings. The lowest BCUT2D eigenvalue weighted by Crippen LogP contribution is -1.80. The van der Waals surface area contributed by atoms with E-state index in [2.05, 4.69) is 19.9 Å². The molecule has 0 atom stereocenters. The normalized spacial score (nSPS) is 10.4. The van der Waals surface area contributed by atoms with E-state index in [9.17, 15) is 4.79 Å². The largest absolute Gasteiger partial charge is 0.295 e. The zero-order valence-electron chi connectivity index (χ0n) is 8.97. The van der Waals surface area contributed by atoms with Gasteiger partial charge in [0.2, 0.25) is 0 Å². The van der Waals surface area contributed by atoms with E-state index in [-0.39, 0.29) is 5.78 Å². The van der Waals surface area contributed by atoms with Crippen LogP contribution < -0.4 is 0 Å². The first-order valence-corrected chi connectivity index (χ1v) is 4.93. The molecule has 0 fully saturated rings. The summed E-state index contributed by atoms with van der Waals surface area (Å²) in [4.78, 5) is 10.5. The van der Waals surface area contributed by atoms with E-state index < -0.39 is 0 Å². The van der Waals surface area contributed by atoms with Crippen LogP contribution in [0.3, 0.4) is 0 Å². The molecule has 0 aliphatic heterocycles. The minimum absolute atomic E-state index is 0.143. The van der Waals surface area contributed by atoms with Crippen molar-refractivity contribution >= 4 is 5.78 Å². The molecule has 0 saturated heterocycles. The van der Waals surface area contributed by atoms with E-state index >= 15 is 0 Å². The standard InChI is InChI=1S/C12H20O/c1-11(2)9-7-5-4-6-8-10-12(3)13/h8-10H,4-7H2,1-3H3/b10-8+. The predicted molar refractivity (Wildman–Crippen MR) is 57.7 cm³/mol. The Hall–Kier alpha value is -0.850. The van der Waals surface area contributed by atoms with Crippen molar-refractivity contribution in [2.75, 3.05) is 0 Å². The van der Waals surface area contributed by atoms with Gasteiger partial charge in [-0.15, -0.1) is 0 Å². The molecule has 0 spiro atoms. The maximum absolute atomic E-state index is 10.5. The van der Waals surface area contributed by atoms with Crippen molar-refractivity contribution in [3.63, 3.8) is 0 Å². The molecule has 0 amide bonds. The molecule has 0 bridgehead atoms. The van der Waals surface area contributed by atoms with Crippen molar-refractivity contribution in [1.82, 2.24) is 0 Å². The molecule has 0 aromatic heterocycles. The number of rotatable bonds is 6. The molecule has 0 unspecified atom stereocenters. The lowest BCUT2D eigenvalue weighted by molar-refractivity contribution is -0.112. The molecule has 74 valence electrons. The van der Waals surface area contributed by atoms with E-state index in [4.69, 9.17) is 0 Å². The van der Waals surface area contributed by atoms with Gasteiger partial charge in [0.25, 0.3) is 0 Å². The smallest absolute Gasteiger partial charge is 0.152 e. The zero-order valence-corrected chi connectivity index (χ0v) is 8.97. The van der Waals surface area contributed by atoms with Gasteiger partial charge in [-0.1, -0.05) is 17.7 Å². The minimum atomic E-state index is 0.143. The number of allylic oxidation sites excluding steroid dienone is 4. The van der Waals surface area contributed by atoms with Crippen LogP contribution in [0.4, 0.5) is 0 Å². The van der Waals surface area contributed by atoms with Gasteiger partial charge < -0.3 is 0 Å². The molecule has 13 heavy (non-hydrogen) atoms. The quantitative estimate of drug-likeness (QED) is 0.346. The summed E-state index contributed by atoms with van der Waals surface area (Å²) < 4.78 is 0. The molecule has 0 N–H and O–H groups in total. The second-order valence-electron chi connectivity index (χ2n) is 3.58. The summed E-state index contributed by atoms with van der Waals surface area (Å²) in [6.07, 6.45) is 10.5. The first-order valence-electron chi connectivity index (χ1n) is 4.93. The van der Waals surface area contributed by atoms with Crippen LogP contribution in [0, 0.1) is 0 Å². The number of ketones is 1. The number of unbranched alkanes of at least 4 members (excludes halogenated alkanes) is 3. The first kappa shape index (κ1) is 12.2. The Morgan fingerprint density at radius 2 is 1.69 bits per heavy atom. The Morgan fingerprint density at radius 3 is 2.23 bits per heavy atom. The highest BCUT2D eigenvalue weighted by molar-refractivity contribution is 5.87. The van der Waals surface area contributed by atoms with E-state index in [0.29, 0.717) is 0 Å². The lowest BCUT2D eigenvalue weighted by atomic mass is 10.1. The summed E-state index contributed by atoms with van der Waals surface area (Å²) in [6.45, 7) is 5.82. The molecule has 0 aliphatic carbocycles. The van der Waals surface area contributed by atoms with E-state index in [1.807, 2.05) is 6.08 Å². The van der Waals surface area contributed by atoms with Crippen LogP contribution in [-0.2, 0) is 4.79 Å². The van der Waals surface area contributed by atoms with Gasteiger partial charge in [0.1, 0.15) is 0 Å². The van der Waals surface area contributed by atoms with E-state index in [0.717, 1.165) is 12.8 Å². The molecule has 1 nitrogen and oxygen atoms in total. The molecular weight excluding hydrogens is 160 g/mol. The van der Waals surface area contributed by atoms with Gasteiger partial charge in [0.05, 0.1) is 0 Å². The molecule has 1 heteroatoms. The number of carbonyl (C=O) groups is 1. The van der Waals surface area contributed by atoms with Crippen LogP contribution in [0.25, 0.3) is 0 Å². The summed E-state index contributed by atoms with van der Waals surface area (Å²) >= 11 is 0. The van der Waals surface area contributed by atoms with Gasteiger partial charge in [-0.05, 0) is 52.5 Å². The highest BCUT2D eigenvalue weighted by Crippen LogP contribution is 2.03. The summed E-state index contributed by atoms with van der Waals surface area (Å²) in [5.41, 5.74) is 1.39. The second-order valence-corrected chi connectivity index (χ2v) is 3.58. The van der Waals surface area contributed by atoms with Crippen LogP contribution >= 0.6 is 0 Å². The van der Waals surface area contributed by atoms with Crippen LogP contribution in [0.15, 0.2) is 23.8 Å². The molecule has 0 aromatic carbocycles. The van der Waals surface area contributed by atoms with Crippen molar-refractivity contribution in [2.45, 2.75) is 46.5 Å². The van der Waals surface area contributed by atoms with Crippen LogP contribution in [0.1, 0.15) is 46.5 Å². The van der Waals surface area contributed by atoms with Crippen LogP contribution in [-0.4, -0.2) is 5.78 Å². The first-order chi connectivity index (χ1) is 6.13. The Morgan fingerprint density at radius 1 is 1.08 bits per heavy atom. The van der Waals surface area contributed by atoms with E-state index in [1.165, 1.54) is 18.4 Å². The number of hydrogen-bond donors (Lipinski definition) is 0. The maximum atomic E-state index is 10.5. The topological polar surface area (TPSA) is 17.1 Å². The summed E-state index contributed by atoms with van der Waals surface area (Å²) in [5.74, 6) is 0.143. The van der Waals surface area contributed by atoms with Crippen molar-refractivity contribution in [3.05, 3.63) is 23.8 Å². The van der Waals surface area contributed by atoms with E-state index in [1.54, 1.807) is 13.0 Å². The van der Waals surface area contributed by atoms with Gasteiger partial charge in [0, 0.05) is 0 Å². The molecular formula is C12H20O. The summed E-state index contributed by atoms with van der Waals surface area (Å²) in [7, 11) is 0. The highest BCUT2D eigenvalue weighted by atomic mass is 16.1. The fraction of sp³-hybridized carbons (Fsp3) is 0.583. The predicted octanol–water partition coefficient (Wildman–Crippen LogP) is 3.66. The number of hydrogen-bond acceptors (Lipinski definition) is 1. The SMILES string of the molecule is CC(=O)/C=C/CCCCC=C(C)C. The Labute approximate surface area is 81.5 Å². The van der Waals surface area contributed by atoms with Crippen molar-refractivity contribution in [2.24, 2.45) is 0 Å². The molecule has 0 saturated carbocycles. The third-order valence-corrected chi connectivity index (χ3v) is 1.73. The molecule has 0 rings (SSSR count). The fourth-order valence-electron chi connectivity index (χ4n) is 1.05. The average molecular weight is 180 g/mol. The Kier molecular flexibility index (Phi) is 7.27. The summed E-state index contributed by atoms with van der Waals surface area (Å²) in [6, 6.07) is 0. The highest BCUT2D eigenvalue weighted by Gasteiger charge is 1.85. The van der Waals surface area contributed by atoms with Crippen LogP contribution in [0.2, 0.25) is 0 Å². The van der Waals surface area contributed by atoms with Gasteiger partial charge in [-0.25, -0.2) is 0 Å². The van der Waals surface area contributed by atoms with Crippen molar-refractivity contribution in [1.29, 1.82) is 0 Å². The van der Waals surface area contributed by atoms with Crippen molar-refractivity contribution < 1.29 is 4.79 Å². The number of carbonyl (C=O) groups excluding carboxylic acids is 1. The minimum Gasteiger partial charge on any atom is -0.295 e. The van der Waals surface area contributed by atoms with Crippen LogP contribution in [0.5, 0.6) is 0 Å². The fourth-order valence-corrected chi connectivity index (χ4v) is 1.05. The van der Waals surface area contributed by atoms with Crippen molar-refractivity contribution in [3.8, 4) is 0 Å². The zero-order chi connectivity index (χ0) is 10.1. The Balaban J connectivity index is 3.27. The summed E-state index contributed by atoms with van der Waals surface area (Å²) in [5, 5.41) is 0. The van der Waals surface area contributed by atoms with Gasteiger partial charge in [0.15, 0.2) is 5.78 Å². The van der Waals surface area contributed by atoms with Gasteiger partial charge in [-0.2, -0.15) is 0 Å².